The molecule has 16 heavy (non-hydrogen) atoms. The van der Waals surface area contributed by atoms with Crippen LogP contribution in [0.15, 0.2) is 26.0 Å². The van der Waals surface area contributed by atoms with Gasteiger partial charge in [0.15, 0.2) is 5.96 Å². The van der Waals surface area contributed by atoms with Gasteiger partial charge in [-0.05, 0) is 0 Å². The number of hydrogen-bond acceptors (Lipinski definition) is 4. The number of nitrogens with two attached hydrogens (primary N) is 2. The summed E-state index contributed by atoms with van der Waals surface area (Å²) < 4.78 is 4.17. The van der Waals surface area contributed by atoms with E-state index in [1.165, 1.54) is 6.92 Å². The fraction of sp³-hybridized carbons (Fsp3) is 0.222. The first-order valence-corrected chi connectivity index (χ1v) is 3.81. The van der Waals surface area contributed by atoms with Crippen LogP contribution in [0.1, 0.15) is 13.8 Å². The molecule has 0 spiro atoms. The molecule has 0 amide bonds. The second kappa shape index (κ2) is 23.0. The summed E-state index contributed by atoms with van der Waals surface area (Å²) in [6.07, 6.45) is 1.10. The minimum Gasteiger partial charge on any atom is -0.481 e. The van der Waals surface area contributed by atoms with E-state index in [4.69, 9.17) is 15.3 Å². The fourth-order valence-electron chi connectivity index (χ4n) is 0.117. The Morgan fingerprint density at radius 1 is 1.31 bits per heavy atom. The molecule has 0 saturated carbocycles. The molecular weight excluding hydrogens is 214 g/mol. The highest BCUT2D eigenvalue weighted by molar-refractivity contribution is 5.71. The number of carbonyl (C=O) groups is 2. The van der Waals surface area contributed by atoms with E-state index in [0.717, 1.165) is 13.2 Å². The van der Waals surface area contributed by atoms with Gasteiger partial charge in [0.25, 0.3) is 5.97 Å². The summed E-state index contributed by atoms with van der Waals surface area (Å²) in [6, 6.07) is 0. The fourth-order valence-corrected chi connectivity index (χ4v) is 0.117. The lowest BCUT2D eigenvalue weighted by molar-refractivity contribution is -0.136. The van der Waals surface area contributed by atoms with Gasteiger partial charge in [-0.25, -0.2) is 0 Å². The van der Waals surface area contributed by atoms with E-state index in [1.54, 1.807) is 0 Å². The van der Waals surface area contributed by atoms with Crippen molar-refractivity contribution < 1.29 is 19.4 Å². The van der Waals surface area contributed by atoms with Crippen LogP contribution in [-0.2, 0) is 14.3 Å². The molecule has 0 aliphatic carbocycles. The van der Waals surface area contributed by atoms with Crippen molar-refractivity contribution in [2.75, 3.05) is 0 Å². The second-order valence-electron chi connectivity index (χ2n) is 1.75. The van der Waals surface area contributed by atoms with Crippen molar-refractivity contribution >= 4 is 17.9 Å². The molecule has 6 N–H and O–H groups in total. The number of nitrogens with one attached hydrogen (secondary N) is 1. The van der Waals surface area contributed by atoms with Crippen LogP contribution in [0.4, 0.5) is 0 Å². The average Bonchev–Trinajstić information content (AvgIpc) is 2.05. The summed E-state index contributed by atoms with van der Waals surface area (Å²) >= 11 is 0. The predicted octanol–water partition coefficient (Wildman–Crippen LogP) is 0.425. The number of ether oxygens (including phenoxy) is 1. The molecule has 7 heteroatoms. The maximum atomic E-state index is 9.75. The first-order valence-electron chi connectivity index (χ1n) is 3.81. The monoisotopic (exact) mass is 233 g/mol. The Kier molecular flexibility index (Phi) is 33.7. The van der Waals surface area contributed by atoms with Crippen molar-refractivity contribution in [2.24, 2.45) is 11.5 Å². The van der Waals surface area contributed by atoms with E-state index in [9.17, 15) is 4.79 Å². The first-order chi connectivity index (χ1) is 7.23. The number of esters is 1. The van der Waals surface area contributed by atoms with Crippen molar-refractivity contribution in [3.05, 3.63) is 26.0 Å². The molecule has 0 saturated heterocycles. The second-order valence-corrected chi connectivity index (χ2v) is 1.75. The number of carboxylic acids is 1. The predicted molar refractivity (Wildman–Crippen MR) is 62.6 cm³/mol. The zero-order valence-corrected chi connectivity index (χ0v) is 9.53. The molecule has 0 radical (unpaired) electrons. The third-order valence-corrected chi connectivity index (χ3v) is 0.249. The van der Waals surface area contributed by atoms with E-state index >= 15 is 0 Å². The summed E-state index contributed by atoms with van der Waals surface area (Å²) in [4.78, 5) is 18.8. The van der Waals surface area contributed by atoms with Crippen LogP contribution < -0.4 is 11.5 Å². The highest BCUT2D eigenvalue weighted by Crippen LogP contribution is 1.70. The molecule has 0 aromatic heterocycles. The van der Waals surface area contributed by atoms with E-state index < -0.39 is 5.97 Å². The summed E-state index contributed by atoms with van der Waals surface area (Å²) in [5.41, 5.74) is 8.94. The van der Waals surface area contributed by atoms with Gasteiger partial charge in [0, 0.05) is 13.8 Å². The van der Waals surface area contributed by atoms with Crippen LogP contribution in [0.3, 0.4) is 0 Å². The molecule has 0 rings (SSSR count). The van der Waals surface area contributed by atoms with Crippen LogP contribution in [0.2, 0.25) is 0 Å². The quantitative estimate of drug-likeness (QED) is 0.170. The van der Waals surface area contributed by atoms with E-state index in [1.807, 2.05) is 0 Å². The van der Waals surface area contributed by atoms with Crippen LogP contribution in [0.25, 0.3) is 0 Å². The molecule has 0 atom stereocenters. The largest absolute Gasteiger partial charge is 0.481 e. The van der Waals surface area contributed by atoms with Crippen LogP contribution in [0, 0.1) is 5.41 Å². The third-order valence-electron chi connectivity index (χ3n) is 0.249. The Hall–Kier alpha value is -2.31. The molecule has 0 aromatic carbocycles. The molecule has 94 valence electrons. The summed E-state index contributed by atoms with van der Waals surface area (Å²) in [7, 11) is 0. The van der Waals surface area contributed by atoms with Crippen molar-refractivity contribution in [1.82, 2.24) is 0 Å². The zero-order chi connectivity index (χ0) is 14.1. The number of rotatable bonds is 1. The van der Waals surface area contributed by atoms with Gasteiger partial charge in [-0.15, -0.1) is 13.2 Å². The van der Waals surface area contributed by atoms with Gasteiger partial charge in [-0.2, -0.15) is 0 Å². The minimum atomic E-state index is -0.833. The van der Waals surface area contributed by atoms with E-state index in [0.29, 0.717) is 0 Å². The van der Waals surface area contributed by atoms with Gasteiger partial charge in [-0.1, -0.05) is 6.58 Å². The Balaban J connectivity index is -0.0000000643. The molecule has 7 nitrogen and oxygen atoms in total. The highest BCUT2D eigenvalue weighted by atomic mass is 16.5. The van der Waals surface area contributed by atoms with Crippen LogP contribution >= 0.6 is 0 Å². The van der Waals surface area contributed by atoms with Gasteiger partial charge in [0.2, 0.25) is 0 Å². The third kappa shape index (κ3) is 2810. The Morgan fingerprint density at radius 3 is 1.50 bits per heavy atom. The Labute approximate surface area is 94.9 Å². The van der Waals surface area contributed by atoms with Gasteiger partial charge < -0.3 is 21.3 Å². The molecular formula is C9H19N3O4. The SMILES string of the molecule is C=C.C=COC(C)=O.CC(=O)O.N=C(N)N. The first kappa shape index (κ1) is 23.5. The molecule has 0 bridgehead atoms. The summed E-state index contributed by atoms with van der Waals surface area (Å²) in [5.74, 6) is -1.50. The standard InChI is InChI=1S/C4H6O2.C2H4O2.C2H4.CH5N3/c1-3-6-4(2)5;1-2(3)4;1-2;2-1(3)4/h3H,1H2,2H3;1H3,(H,3,4);1-2H2;(H5,2,3,4). The number of hydrogen-bond donors (Lipinski definition) is 4. The van der Waals surface area contributed by atoms with Gasteiger partial charge in [-0.3, -0.25) is 15.0 Å². The molecule has 0 aromatic rings. The minimum absolute atomic E-state index is 0.329. The maximum Gasteiger partial charge on any atom is 0.307 e. The molecule has 0 unspecified atom stereocenters. The Bertz CT molecular complexity index is 197. The lowest BCUT2D eigenvalue weighted by atomic mass is 10.8. The number of guanidine groups is 1. The normalized spacial score (nSPS) is 5.88. The van der Waals surface area contributed by atoms with Gasteiger partial charge in [0.1, 0.15) is 0 Å². The lowest BCUT2D eigenvalue weighted by Crippen LogP contribution is -2.20. The van der Waals surface area contributed by atoms with Crippen molar-refractivity contribution in [2.45, 2.75) is 13.8 Å². The molecule has 0 heterocycles. The van der Waals surface area contributed by atoms with E-state index in [2.05, 4.69) is 35.9 Å². The van der Waals surface area contributed by atoms with Crippen molar-refractivity contribution in [3.63, 3.8) is 0 Å². The highest BCUT2D eigenvalue weighted by Gasteiger charge is 1.79. The number of aliphatic carboxylic acids is 1. The van der Waals surface area contributed by atoms with Crippen molar-refractivity contribution in [3.8, 4) is 0 Å². The van der Waals surface area contributed by atoms with E-state index in [-0.39, 0.29) is 11.9 Å². The van der Waals surface area contributed by atoms with Gasteiger partial charge >= 0.3 is 5.97 Å². The van der Waals surface area contributed by atoms with Crippen molar-refractivity contribution in [1.29, 1.82) is 5.41 Å². The van der Waals surface area contributed by atoms with Gasteiger partial charge in [0.05, 0.1) is 6.26 Å². The number of carboxylic acid groups (broad SMARTS) is 1. The molecule has 0 aliphatic heterocycles. The lowest BCUT2D eigenvalue weighted by Gasteiger charge is -1.83. The molecule has 0 fully saturated rings. The molecule has 0 aliphatic rings. The zero-order valence-electron chi connectivity index (χ0n) is 9.53. The topological polar surface area (TPSA) is 139 Å². The Morgan fingerprint density at radius 2 is 1.50 bits per heavy atom. The number of carbonyl (C=O) groups excluding carboxylic acids is 1. The maximum absolute atomic E-state index is 9.75. The summed E-state index contributed by atoms with van der Waals surface area (Å²) in [6.45, 7) is 11.6. The van der Waals surface area contributed by atoms with Crippen LogP contribution in [-0.4, -0.2) is 23.0 Å². The average molecular weight is 233 g/mol. The van der Waals surface area contributed by atoms with Crippen LogP contribution in [0.5, 0.6) is 0 Å². The smallest absolute Gasteiger partial charge is 0.307 e. The summed E-state index contributed by atoms with van der Waals surface area (Å²) in [5, 5.41) is 13.5.